The second kappa shape index (κ2) is 4.81. The summed E-state index contributed by atoms with van der Waals surface area (Å²) in [7, 11) is 0. The predicted molar refractivity (Wildman–Crippen MR) is 72.3 cm³/mol. The number of hydrogen-bond donors (Lipinski definition) is 1. The summed E-state index contributed by atoms with van der Waals surface area (Å²) in [6.07, 6.45) is 6.89. The van der Waals surface area contributed by atoms with Gasteiger partial charge in [-0.3, -0.25) is 0 Å². The highest BCUT2D eigenvalue weighted by Gasteiger charge is 2.28. The van der Waals surface area contributed by atoms with E-state index in [9.17, 15) is 0 Å². The van der Waals surface area contributed by atoms with Crippen LogP contribution in [0.4, 0.5) is 0 Å². The van der Waals surface area contributed by atoms with Gasteiger partial charge in [0.2, 0.25) is 0 Å². The van der Waals surface area contributed by atoms with Crippen LogP contribution in [0.1, 0.15) is 49.7 Å². The normalized spacial score (nSPS) is 31.0. The zero-order valence-electron chi connectivity index (χ0n) is 10.8. The van der Waals surface area contributed by atoms with Crippen LogP contribution in [0, 0.1) is 5.92 Å². The van der Waals surface area contributed by atoms with E-state index in [0.29, 0.717) is 0 Å². The highest BCUT2D eigenvalue weighted by Crippen LogP contribution is 2.35. The van der Waals surface area contributed by atoms with Crippen LogP contribution in [-0.4, -0.2) is 12.6 Å². The van der Waals surface area contributed by atoms with E-state index in [0.717, 1.165) is 17.9 Å². The average Bonchev–Trinajstić information content (AvgIpc) is 2.78. The minimum absolute atomic E-state index is 0.784. The van der Waals surface area contributed by atoms with Gasteiger partial charge in [0.15, 0.2) is 0 Å². The molecule has 0 bridgehead atoms. The molecule has 1 nitrogen and oxygen atoms in total. The van der Waals surface area contributed by atoms with Crippen molar-refractivity contribution in [2.45, 2.75) is 51.0 Å². The number of benzene rings is 1. The third-order valence-corrected chi connectivity index (χ3v) is 4.73. The first kappa shape index (κ1) is 11.3. The van der Waals surface area contributed by atoms with Crippen molar-refractivity contribution in [2.75, 3.05) is 6.54 Å². The van der Waals surface area contributed by atoms with Crippen molar-refractivity contribution in [3.63, 3.8) is 0 Å². The molecule has 1 fully saturated rings. The lowest BCUT2D eigenvalue weighted by atomic mass is 9.77. The van der Waals surface area contributed by atoms with Gasteiger partial charge in [0.05, 0.1) is 0 Å². The fourth-order valence-electron chi connectivity index (χ4n) is 3.48. The van der Waals surface area contributed by atoms with Crippen molar-refractivity contribution in [3.8, 4) is 0 Å². The number of fused-ring (bicyclic) bond motifs is 1. The van der Waals surface area contributed by atoms with E-state index in [1.54, 1.807) is 11.1 Å². The van der Waals surface area contributed by atoms with Gasteiger partial charge in [-0.2, -0.15) is 0 Å². The Hall–Kier alpha value is -0.820. The maximum Gasteiger partial charge on any atom is 0.00700 e. The molecule has 1 saturated carbocycles. The molecule has 1 N–H and O–H groups in total. The summed E-state index contributed by atoms with van der Waals surface area (Å²) >= 11 is 0. The van der Waals surface area contributed by atoms with Gasteiger partial charge in [0, 0.05) is 18.5 Å². The molecule has 2 aliphatic rings. The molecule has 1 aromatic rings. The van der Waals surface area contributed by atoms with Crippen LogP contribution in [0.3, 0.4) is 0 Å². The average molecular weight is 229 g/mol. The van der Waals surface area contributed by atoms with Crippen molar-refractivity contribution in [1.82, 2.24) is 5.32 Å². The molecule has 0 radical (unpaired) electrons. The summed E-state index contributed by atoms with van der Waals surface area (Å²) in [5, 5.41) is 3.79. The van der Waals surface area contributed by atoms with Crippen molar-refractivity contribution >= 4 is 0 Å². The molecule has 0 heterocycles. The summed E-state index contributed by atoms with van der Waals surface area (Å²) in [6, 6.07) is 9.70. The van der Waals surface area contributed by atoms with E-state index in [2.05, 4.69) is 36.5 Å². The Kier molecular flexibility index (Phi) is 3.19. The van der Waals surface area contributed by atoms with Crippen LogP contribution in [0.25, 0.3) is 0 Å². The largest absolute Gasteiger partial charge is 0.313 e. The molecular weight excluding hydrogens is 206 g/mol. The molecule has 3 atom stereocenters. The molecule has 1 heteroatoms. The molecule has 0 amide bonds. The maximum absolute atomic E-state index is 3.79. The first-order valence-electron chi connectivity index (χ1n) is 7.18. The highest BCUT2D eigenvalue weighted by molar-refractivity contribution is 5.40. The zero-order chi connectivity index (χ0) is 11.7. The van der Waals surface area contributed by atoms with Crippen molar-refractivity contribution in [3.05, 3.63) is 35.4 Å². The van der Waals surface area contributed by atoms with Gasteiger partial charge in [-0.1, -0.05) is 37.6 Å². The minimum Gasteiger partial charge on any atom is -0.313 e. The lowest BCUT2D eigenvalue weighted by Crippen LogP contribution is -2.34. The second-order valence-electron chi connectivity index (χ2n) is 5.79. The Bertz CT molecular complexity index is 385. The fourth-order valence-corrected chi connectivity index (χ4v) is 3.48. The smallest absolute Gasteiger partial charge is 0.00700 e. The minimum atomic E-state index is 0.784. The summed E-state index contributed by atoms with van der Waals surface area (Å²) in [4.78, 5) is 0. The van der Waals surface area contributed by atoms with Gasteiger partial charge >= 0.3 is 0 Å². The second-order valence-corrected chi connectivity index (χ2v) is 5.79. The SMILES string of the molecule is CCC1CCC(NCC2Cc3ccccc32)C1. The van der Waals surface area contributed by atoms with Crippen LogP contribution < -0.4 is 5.32 Å². The van der Waals surface area contributed by atoms with Gasteiger partial charge in [0.25, 0.3) is 0 Å². The fraction of sp³-hybridized carbons (Fsp3) is 0.625. The molecule has 92 valence electrons. The quantitative estimate of drug-likeness (QED) is 0.833. The van der Waals surface area contributed by atoms with Gasteiger partial charge in [-0.25, -0.2) is 0 Å². The molecule has 3 unspecified atom stereocenters. The summed E-state index contributed by atoms with van der Waals surface area (Å²) in [5.41, 5.74) is 3.15. The molecule has 3 rings (SSSR count). The number of rotatable bonds is 4. The molecule has 1 aromatic carbocycles. The molecule has 0 saturated heterocycles. The first-order chi connectivity index (χ1) is 8.36. The van der Waals surface area contributed by atoms with Gasteiger partial charge in [-0.15, -0.1) is 0 Å². The lowest BCUT2D eigenvalue weighted by molar-refractivity contribution is 0.444. The van der Waals surface area contributed by atoms with Crippen molar-refractivity contribution in [1.29, 1.82) is 0 Å². The lowest BCUT2D eigenvalue weighted by Gasteiger charge is -2.31. The van der Waals surface area contributed by atoms with E-state index in [-0.39, 0.29) is 0 Å². The topological polar surface area (TPSA) is 12.0 Å². The van der Waals surface area contributed by atoms with Gasteiger partial charge < -0.3 is 5.32 Å². The third-order valence-electron chi connectivity index (χ3n) is 4.73. The number of nitrogens with one attached hydrogen (secondary N) is 1. The van der Waals surface area contributed by atoms with E-state index < -0.39 is 0 Å². The molecule has 17 heavy (non-hydrogen) atoms. The van der Waals surface area contributed by atoms with Gasteiger partial charge in [0.1, 0.15) is 0 Å². The molecular formula is C16H23N. The maximum atomic E-state index is 3.79. The zero-order valence-corrected chi connectivity index (χ0v) is 10.8. The van der Waals surface area contributed by atoms with E-state index in [4.69, 9.17) is 0 Å². The van der Waals surface area contributed by atoms with Crippen molar-refractivity contribution < 1.29 is 0 Å². The molecule has 0 spiro atoms. The molecule has 0 aromatic heterocycles. The summed E-state index contributed by atoms with van der Waals surface area (Å²) in [5.74, 6) is 1.77. The van der Waals surface area contributed by atoms with E-state index in [1.807, 2.05) is 0 Å². The first-order valence-corrected chi connectivity index (χ1v) is 7.18. The van der Waals surface area contributed by atoms with E-state index >= 15 is 0 Å². The van der Waals surface area contributed by atoms with Crippen LogP contribution in [0.15, 0.2) is 24.3 Å². The Labute approximate surface area is 105 Å². The van der Waals surface area contributed by atoms with Crippen molar-refractivity contribution in [2.24, 2.45) is 5.92 Å². The summed E-state index contributed by atoms with van der Waals surface area (Å²) in [6.45, 7) is 3.52. The Morgan fingerprint density at radius 1 is 1.24 bits per heavy atom. The third kappa shape index (κ3) is 2.26. The Morgan fingerprint density at radius 3 is 2.88 bits per heavy atom. The van der Waals surface area contributed by atoms with Crippen LogP contribution >= 0.6 is 0 Å². The monoisotopic (exact) mass is 229 g/mol. The Balaban J connectivity index is 1.48. The van der Waals surface area contributed by atoms with Crippen LogP contribution in [-0.2, 0) is 6.42 Å². The van der Waals surface area contributed by atoms with E-state index in [1.165, 1.54) is 38.6 Å². The standard InChI is InChI=1S/C16H23N/c1-2-12-7-8-15(9-12)17-11-14-10-13-5-3-4-6-16(13)14/h3-6,12,14-15,17H,2,7-11H2,1H3. The number of hydrogen-bond acceptors (Lipinski definition) is 1. The molecule has 0 aliphatic heterocycles. The molecule has 2 aliphatic carbocycles. The summed E-state index contributed by atoms with van der Waals surface area (Å²) < 4.78 is 0. The Morgan fingerprint density at radius 2 is 2.12 bits per heavy atom. The van der Waals surface area contributed by atoms with Crippen LogP contribution in [0.2, 0.25) is 0 Å². The van der Waals surface area contributed by atoms with Gasteiger partial charge in [-0.05, 0) is 42.7 Å². The van der Waals surface area contributed by atoms with Crippen LogP contribution in [0.5, 0.6) is 0 Å². The predicted octanol–water partition coefficient (Wildman–Crippen LogP) is 3.49. The highest BCUT2D eigenvalue weighted by atomic mass is 14.9.